The lowest BCUT2D eigenvalue weighted by atomic mass is 10.0. The first-order valence-corrected chi connectivity index (χ1v) is 7.30. The molecule has 0 saturated carbocycles. The largest absolute Gasteiger partial charge is 0.354 e. The van der Waals surface area contributed by atoms with E-state index in [0.29, 0.717) is 13.1 Å². The highest BCUT2D eigenvalue weighted by Gasteiger charge is 2.27. The van der Waals surface area contributed by atoms with Gasteiger partial charge in [-0.1, -0.05) is 42.7 Å². The van der Waals surface area contributed by atoms with E-state index < -0.39 is 0 Å². The Balaban J connectivity index is 1.80. The first-order valence-electron chi connectivity index (χ1n) is 7.30. The topological polar surface area (TPSA) is 32.3 Å². The van der Waals surface area contributed by atoms with Crippen molar-refractivity contribution >= 4 is 5.91 Å². The highest BCUT2D eigenvalue weighted by atomic mass is 16.2. The predicted octanol–water partition coefficient (Wildman–Crippen LogP) is 1.83. The fourth-order valence-corrected chi connectivity index (χ4v) is 2.69. The Morgan fingerprint density at radius 3 is 2.90 bits per heavy atom. The Bertz CT molecular complexity index is 464. The molecule has 1 saturated heterocycles. The number of hydrogen-bond donors (Lipinski definition) is 1. The monoisotopic (exact) mass is 270 g/mol. The summed E-state index contributed by atoms with van der Waals surface area (Å²) >= 11 is 0. The predicted molar refractivity (Wildman–Crippen MR) is 81.2 cm³/mol. The van der Waals surface area contributed by atoms with Gasteiger partial charge in [0.15, 0.2) is 0 Å². The summed E-state index contributed by atoms with van der Waals surface area (Å²) in [4.78, 5) is 14.4. The normalized spacial score (nSPS) is 19.2. The van der Waals surface area contributed by atoms with E-state index in [1.165, 1.54) is 5.56 Å². The molecule has 0 unspecified atom stereocenters. The van der Waals surface area contributed by atoms with Gasteiger partial charge in [-0.05, 0) is 31.4 Å². The molecule has 106 valence electrons. The molecule has 3 heteroatoms. The van der Waals surface area contributed by atoms with Crippen LogP contribution in [0.2, 0.25) is 0 Å². The molecule has 3 nitrogen and oxygen atoms in total. The van der Waals surface area contributed by atoms with Gasteiger partial charge in [-0.3, -0.25) is 9.69 Å². The summed E-state index contributed by atoms with van der Waals surface area (Å²) in [5.74, 6) is 2.77. The van der Waals surface area contributed by atoms with Gasteiger partial charge >= 0.3 is 0 Å². The second-order valence-electron chi connectivity index (χ2n) is 5.21. The third-order valence-electron chi connectivity index (χ3n) is 3.77. The van der Waals surface area contributed by atoms with E-state index in [2.05, 4.69) is 28.3 Å². The van der Waals surface area contributed by atoms with E-state index in [1.54, 1.807) is 0 Å². The van der Waals surface area contributed by atoms with Crippen LogP contribution in [0.25, 0.3) is 0 Å². The van der Waals surface area contributed by atoms with Crippen LogP contribution in [0.3, 0.4) is 0 Å². The van der Waals surface area contributed by atoms with Crippen LogP contribution in [0.15, 0.2) is 30.3 Å². The summed E-state index contributed by atoms with van der Waals surface area (Å²) in [5.41, 5.74) is 1.25. The number of hydrogen-bond acceptors (Lipinski definition) is 2. The molecule has 0 aromatic heterocycles. The fraction of sp³-hybridized carbons (Fsp3) is 0.471. The second-order valence-corrected chi connectivity index (χ2v) is 5.21. The third-order valence-corrected chi connectivity index (χ3v) is 3.77. The van der Waals surface area contributed by atoms with Crippen LogP contribution < -0.4 is 5.32 Å². The number of carbonyl (C=O) groups is 1. The summed E-state index contributed by atoms with van der Waals surface area (Å²) in [5, 5.41) is 3.04. The van der Waals surface area contributed by atoms with Gasteiger partial charge in [-0.15, -0.1) is 6.42 Å². The zero-order chi connectivity index (χ0) is 14.2. The van der Waals surface area contributed by atoms with Gasteiger partial charge in [0, 0.05) is 6.54 Å². The number of nitrogens with zero attached hydrogens (tertiary/aromatic N) is 1. The van der Waals surface area contributed by atoms with Crippen molar-refractivity contribution < 1.29 is 4.79 Å². The lowest BCUT2D eigenvalue weighted by molar-refractivity contribution is -0.127. The molecule has 1 N–H and O–H groups in total. The molecule has 1 aromatic carbocycles. The van der Waals surface area contributed by atoms with Crippen molar-refractivity contribution in [1.82, 2.24) is 10.2 Å². The molecule has 1 aromatic rings. The Morgan fingerprint density at radius 2 is 2.15 bits per heavy atom. The highest BCUT2D eigenvalue weighted by molar-refractivity contribution is 5.81. The first kappa shape index (κ1) is 14.6. The SMILES string of the molecule is C#CCN1CCCC[C@@H]1C(=O)NCCc1ccccc1. The Morgan fingerprint density at radius 1 is 1.35 bits per heavy atom. The molecule has 0 spiro atoms. The molecule has 1 atom stereocenters. The number of amides is 1. The average Bonchev–Trinajstić information content (AvgIpc) is 2.49. The van der Waals surface area contributed by atoms with E-state index in [4.69, 9.17) is 6.42 Å². The number of piperidine rings is 1. The lowest BCUT2D eigenvalue weighted by Gasteiger charge is -2.33. The molecule has 0 aliphatic carbocycles. The van der Waals surface area contributed by atoms with E-state index >= 15 is 0 Å². The van der Waals surface area contributed by atoms with Crippen molar-refractivity contribution in [3.63, 3.8) is 0 Å². The molecule has 1 amide bonds. The van der Waals surface area contributed by atoms with Gasteiger partial charge in [-0.2, -0.15) is 0 Å². The summed E-state index contributed by atoms with van der Waals surface area (Å²) in [6, 6.07) is 10.2. The Hall–Kier alpha value is -1.79. The molecule has 20 heavy (non-hydrogen) atoms. The van der Waals surface area contributed by atoms with Gasteiger partial charge in [0.1, 0.15) is 0 Å². The molecule has 1 aliphatic rings. The molecule has 1 fully saturated rings. The zero-order valence-corrected chi connectivity index (χ0v) is 11.8. The highest BCUT2D eigenvalue weighted by Crippen LogP contribution is 2.16. The minimum atomic E-state index is -0.0458. The van der Waals surface area contributed by atoms with Crippen molar-refractivity contribution in [3.8, 4) is 12.3 Å². The Kier molecular flexibility index (Phi) is 5.64. The van der Waals surface area contributed by atoms with E-state index in [1.807, 2.05) is 18.2 Å². The van der Waals surface area contributed by atoms with E-state index in [9.17, 15) is 4.79 Å². The van der Waals surface area contributed by atoms with Gasteiger partial charge < -0.3 is 5.32 Å². The van der Waals surface area contributed by atoms with Gasteiger partial charge in [-0.25, -0.2) is 0 Å². The zero-order valence-electron chi connectivity index (χ0n) is 11.8. The molecule has 1 heterocycles. The molecule has 2 rings (SSSR count). The summed E-state index contributed by atoms with van der Waals surface area (Å²) in [7, 11) is 0. The minimum Gasteiger partial charge on any atom is -0.354 e. The summed E-state index contributed by atoms with van der Waals surface area (Å²) in [6.07, 6.45) is 9.40. The van der Waals surface area contributed by atoms with Crippen LogP contribution in [0.5, 0.6) is 0 Å². The number of nitrogens with one attached hydrogen (secondary N) is 1. The van der Waals surface area contributed by atoms with E-state index in [-0.39, 0.29) is 11.9 Å². The van der Waals surface area contributed by atoms with Crippen molar-refractivity contribution in [1.29, 1.82) is 0 Å². The van der Waals surface area contributed by atoms with E-state index in [0.717, 1.165) is 32.2 Å². The maximum Gasteiger partial charge on any atom is 0.237 e. The number of rotatable bonds is 5. The average molecular weight is 270 g/mol. The molecule has 0 bridgehead atoms. The molecular weight excluding hydrogens is 248 g/mol. The number of carbonyl (C=O) groups excluding carboxylic acids is 1. The smallest absolute Gasteiger partial charge is 0.237 e. The number of terminal acetylenes is 1. The van der Waals surface area contributed by atoms with Crippen molar-refractivity contribution in [2.24, 2.45) is 0 Å². The van der Waals surface area contributed by atoms with Crippen LogP contribution in [0, 0.1) is 12.3 Å². The lowest BCUT2D eigenvalue weighted by Crippen LogP contribution is -2.49. The van der Waals surface area contributed by atoms with Crippen molar-refractivity contribution in [2.75, 3.05) is 19.6 Å². The van der Waals surface area contributed by atoms with Gasteiger partial charge in [0.05, 0.1) is 12.6 Å². The fourth-order valence-electron chi connectivity index (χ4n) is 2.69. The molecule has 1 aliphatic heterocycles. The minimum absolute atomic E-state index is 0.0458. The van der Waals surface area contributed by atoms with Gasteiger partial charge in [0.2, 0.25) is 5.91 Å². The van der Waals surface area contributed by atoms with Crippen LogP contribution in [-0.4, -0.2) is 36.5 Å². The maximum absolute atomic E-state index is 12.3. The Labute approximate surface area is 121 Å². The first-order chi connectivity index (χ1) is 9.81. The quantitative estimate of drug-likeness (QED) is 0.828. The van der Waals surface area contributed by atoms with Crippen LogP contribution in [-0.2, 0) is 11.2 Å². The van der Waals surface area contributed by atoms with Gasteiger partial charge in [0.25, 0.3) is 0 Å². The number of likely N-dealkylation sites (tertiary alicyclic amines) is 1. The maximum atomic E-state index is 12.3. The van der Waals surface area contributed by atoms with Crippen molar-refractivity contribution in [3.05, 3.63) is 35.9 Å². The molecular formula is C17H22N2O. The van der Waals surface area contributed by atoms with Crippen LogP contribution in [0.4, 0.5) is 0 Å². The second kappa shape index (κ2) is 7.72. The molecule has 0 radical (unpaired) electrons. The van der Waals surface area contributed by atoms with Crippen LogP contribution in [0.1, 0.15) is 24.8 Å². The summed E-state index contributed by atoms with van der Waals surface area (Å²) < 4.78 is 0. The van der Waals surface area contributed by atoms with Crippen LogP contribution >= 0.6 is 0 Å². The van der Waals surface area contributed by atoms with Crippen molar-refractivity contribution in [2.45, 2.75) is 31.7 Å². The summed E-state index contributed by atoms with van der Waals surface area (Å²) in [6.45, 7) is 2.18. The standard InChI is InChI=1S/C17H22N2O/c1-2-13-19-14-7-6-10-16(19)17(20)18-12-11-15-8-4-3-5-9-15/h1,3-5,8-9,16H,6-7,10-14H2,(H,18,20)/t16-/m1/s1. The third kappa shape index (κ3) is 4.11. The number of benzene rings is 1.